The number of amides is 1. The smallest absolute Gasteiger partial charge is 0.357 e. The van der Waals surface area contributed by atoms with Crippen molar-refractivity contribution in [2.45, 2.75) is 22.5 Å². The Morgan fingerprint density at radius 1 is 0.750 bits per heavy atom. The van der Waals surface area contributed by atoms with E-state index in [1.807, 2.05) is 4.90 Å². The Labute approximate surface area is 301 Å². The zero-order valence-electron chi connectivity index (χ0n) is 28.0. The summed E-state index contributed by atoms with van der Waals surface area (Å²) in [5.41, 5.74) is 0.998. The zero-order valence-corrected chi connectivity index (χ0v) is 29.7. The highest BCUT2D eigenvalue weighted by molar-refractivity contribution is 7.89. The molecule has 1 atom stereocenters. The van der Waals surface area contributed by atoms with Crippen LogP contribution in [0.15, 0.2) is 132 Å². The molecule has 0 N–H and O–H groups in total. The highest BCUT2D eigenvalue weighted by Gasteiger charge is 2.38. The van der Waals surface area contributed by atoms with Crippen LogP contribution in [0.25, 0.3) is 21.5 Å². The van der Waals surface area contributed by atoms with Crippen LogP contribution in [0.1, 0.15) is 5.56 Å². The number of likely N-dealkylation sites (N-methyl/N-ethyl adjacent to an activating group) is 1. The molecule has 14 heteroatoms. The number of aromatic nitrogens is 2. The van der Waals surface area contributed by atoms with Crippen LogP contribution in [-0.2, 0) is 31.4 Å². The normalized spacial score (nSPS) is 14.5. The van der Waals surface area contributed by atoms with Crippen molar-refractivity contribution in [1.29, 1.82) is 0 Å². The number of sulfonamides is 1. The summed E-state index contributed by atoms with van der Waals surface area (Å²) in [6.45, 7) is 1.20. The van der Waals surface area contributed by atoms with Gasteiger partial charge in [0.25, 0.3) is 10.0 Å². The van der Waals surface area contributed by atoms with Gasteiger partial charge in [-0.2, -0.15) is 12.7 Å². The number of hydrogen-bond acceptors (Lipinski definition) is 9. The molecule has 266 valence electrons. The van der Waals surface area contributed by atoms with Crippen molar-refractivity contribution in [1.82, 2.24) is 19.2 Å². The first kappa shape index (κ1) is 35.0. The van der Waals surface area contributed by atoms with Crippen LogP contribution in [0, 0.1) is 5.82 Å². The number of carbonyl (C=O) groups is 1. The van der Waals surface area contributed by atoms with Crippen molar-refractivity contribution < 1.29 is 30.2 Å². The van der Waals surface area contributed by atoms with Gasteiger partial charge in [-0.05, 0) is 59.2 Å². The molecular formula is C38H34FN5O6S2. The molecule has 11 nitrogen and oxygen atoms in total. The molecule has 0 saturated carbocycles. The molecule has 7 rings (SSSR count). The number of piperazine rings is 1. The van der Waals surface area contributed by atoms with E-state index < -0.39 is 32.1 Å². The van der Waals surface area contributed by atoms with Crippen molar-refractivity contribution in [3.63, 3.8) is 0 Å². The predicted octanol–water partition coefficient (Wildman–Crippen LogP) is 5.27. The summed E-state index contributed by atoms with van der Waals surface area (Å²) in [6.07, 6.45) is 2.78. The van der Waals surface area contributed by atoms with Crippen LogP contribution < -0.4 is 9.08 Å². The van der Waals surface area contributed by atoms with Gasteiger partial charge in [0.1, 0.15) is 17.6 Å². The van der Waals surface area contributed by atoms with Gasteiger partial charge in [0.05, 0.1) is 5.69 Å². The van der Waals surface area contributed by atoms with Gasteiger partial charge < -0.3 is 14.0 Å². The summed E-state index contributed by atoms with van der Waals surface area (Å²) in [5.74, 6) is -0.766. The summed E-state index contributed by atoms with van der Waals surface area (Å²) >= 11 is 0. The molecule has 1 aliphatic rings. The number of hydrogen-bond donors (Lipinski definition) is 0. The van der Waals surface area contributed by atoms with E-state index in [0.29, 0.717) is 45.9 Å². The van der Waals surface area contributed by atoms with Crippen molar-refractivity contribution in [3.05, 3.63) is 133 Å². The summed E-state index contributed by atoms with van der Waals surface area (Å²) in [7, 11) is -7.25. The molecule has 0 radical (unpaired) electrons. The van der Waals surface area contributed by atoms with Crippen molar-refractivity contribution in [2.75, 3.05) is 38.1 Å². The van der Waals surface area contributed by atoms with Crippen molar-refractivity contribution in [3.8, 4) is 5.75 Å². The lowest BCUT2D eigenvalue weighted by molar-refractivity contribution is -0.135. The van der Waals surface area contributed by atoms with Gasteiger partial charge in [-0.25, -0.2) is 22.8 Å². The third-order valence-corrected chi connectivity index (χ3v) is 12.2. The summed E-state index contributed by atoms with van der Waals surface area (Å²) in [6, 6.07) is 28.7. The molecule has 0 aliphatic carbocycles. The predicted molar refractivity (Wildman–Crippen MR) is 195 cm³/mol. The number of rotatable bonds is 10. The molecule has 1 aliphatic heterocycles. The summed E-state index contributed by atoms with van der Waals surface area (Å²) in [5, 5.41) is 1.82. The van der Waals surface area contributed by atoms with Crippen LogP contribution in [-0.4, -0.2) is 81.2 Å². The molecule has 3 heterocycles. The first-order valence-corrected chi connectivity index (χ1v) is 19.3. The number of para-hydroxylation sites is 1. The molecule has 52 heavy (non-hydrogen) atoms. The summed E-state index contributed by atoms with van der Waals surface area (Å²) < 4.78 is 76.0. The minimum absolute atomic E-state index is 0.0200. The van der Waals surface area contributed by atoms with Crippen molar-refractivity contribution in [2.24, 2.45) is 0 Å². The average Bonchev–Trinajstić information content (AvgIpc) is 3.16. The molecule has 6 aromatic rings. The SMILES string of the molecule is CN(C(Cc1ccc(OS(=O)(=O)c2nccc3ccccc23)cc1)C(=O)N1CCN(c2ccccc2F)CC1)S(=O)(=O)c1nccc2ccccc12. The third-order valence-electron chi connectivity index (χ3n) is 9.20. The minimum atomic E-state index is -4.31. The minimum Gasteiger partial charge on any atom is -0.378 e. The molecule has 1 unspecified atom stereocenters. The molecule has 1 amide bonds. The Hall–Kier alpha value is -5.44. The van der Waals surface area contributed by atoms with E-state index in [1.54, 1.807) is 95.9 Å². The van der Waals surface area contributed by atoms with E-state index in [1.165, 1.54) is 37.6 Å². The lowest BCUT2D eigenvalue weighted by Gasteiger charge is -2.39. The fourth-order valence-corrected chi connectivity index (χ4v) is 8.94. The molecule has 0 bridgehead atoms. The lowest BCUT2D eigenvalue weighted by Crippen LogP contribution is -2.56. The molecular weight excluding hydrogens is 706 g/mol. The number of pyridine rings is 2. The number of anilines is 1. The first-order chi connectivity index (χ1) is 25.0. The highest BCUT2D eigenvalue weighted by atomic mass is 32.2. The maximum atomic E-state index is 14.5. The standard InChI is InChI=1S/C38H34FN5O6S2/c1-42(51(46,47)36-31-10-4-2-8-28(31)18-20-40-36)35(38(45)44-24-22-43(23-25-44)34-13-7-6-12-33(34)39)26-27-14-16-30(17-15-27)50-52(48,49)37-32-11-5-3-9-29(32)19-21-41-37/h2-21,35H,22-26H2,1H3. The van der Waals surface area contributed by atoms with Crippen LogP contribution in [0.3, 0.4) is 0 Å². The van der Waals surface area contributed by atoms with E-state index in [2.05, 4.69) is 9.97 Å². The van der Waals surface area contributed by atoms with Gasteiger partial charge in [-0.1, -0.05) is 72.8 Å². The van der Waals surface area contributed by atoms with E-state index in [9.17, 15) is 26.0 Å². The second-order valence-corrected chi connectivity index (χ2v) is 15.7. The lowest BCUT2D eigenvalue weighted by atomic mass is 10.0. The molecule has 1 fully saturated rings. The maximum Gasteiger partial charge on any atom is 0.357 e. The van der Waals surface area contributed by atoms with Crippen molar-refractivity contribution >= 4 is 53.3 Å². The number of fused-ring (bicyclic) bond motifs is 2. The highest BCUT2D eigenvalue weighted by Crippen LogP contribution is 2.28. The zero-order chi connectivity index (χ0) is 36.5. The third kappa shape index (κ3) is 6.92. The second kappa shape index (κ2) is 14.3. The second-order valence-electron chi connectivity index (χ2n) is 12.4. The largest absolute Gasteiger partial charge is 0.378 e. The number of benzene rings is 4. The van der Waals surface area contributed by atoms with Crippen LogP contribution in [0.2, 0.25) is 0 Å². The van der Waals surface area contributed by atoms with Gasteiger partial charge in [0, 0.05) is 56.4 Å². The van der Waals surface area contributed by atoms with Gasteiger partial charge in [-0.3, -0.25) is 4.79 Å². The fourth-order valence-electron chi connectivity index (χ4n) is 6.42. The monoisotopic (exact) mass is 739 g/mol. The van der Waals surface area contributed by atoms with Gasteiger partial charge in [0.2, 0.25) is 10.9 Å². The van der Waals surface area contributed by atoms with Crippen LogP contribution >= 0.6 is 0 Å². The maximum absolute atomic E-state index is 14.5. The first-order valence-electron chi connectivity index (χ1n) is 16.5. The molecule has 0 spiro atoms. The number of nitrogens with zero attached hydrogens (tertiary/aromatic N) is 5. The van der Waals surface area contributed by atoms with E-state index in [-0.39, 0.29) is 41.1 Å². The van der Waals surface area contributed by atoms with E-state index in [0.717, 1.165) is 4.31 Å². The van der Waals surface area contributed by atoms with Crippen LogP contribution in [0.5, 0.6) is 5.75 Å². The average molecular weight is 740 g/mol. The Kier molecular flexibility index (Phi) is 9.62. The summed E-state index contributed by atoms with van der Waals surface area (Å²) in [4.78, 5) is 26.0. The topological polar surface area (TPSA) is 130 Å². The quantitative estimate of drug-likeness (QED) is 0.173. The fraction of sp³-hybridized carbons (Fsp3) is 0.184. The van der Waals surface area contributed by atoms with Gasteiger partial charge in [0.15, 0.2) is 5.03 Å². The molecule has 2 aromatic heterocycles. The number of carbonyl (C=O) groups excluding carboxylic acids is 1. The molecule has 4 aromatic carbocycles. The Bertz CT molecular complexity index is 2480. The van der Waals surface area contributed by atoms with Gasteiger partial charge >= 0.3 is 10.1 Å². The Morgan fingerprint density at radius 2 is 1.31 bits per heavy atom. The Balaban J connectivity index is 1.16. The van der Waals surface area contributed by atoms with E-state index in [4.69, 9.17) is 4.18 Å². The molecule has 1 saturated heterocycles. The van der Waals surface area contributed by atoms with Gasteiger partial charge in [-0.15, -0.1) is 0 Å². The Morgan fingerprint density at radius 3 is 1.94 bits per heavy atom. The number of halogens is 1. The van der Waals surface area contributed by atoms with Crippen LogP contribution in [0.4, 0.5) is 10.1 Å². The van der Waals surface area contributed by atoms with E-state index >= 15 is 0 Å².